The Kier molecular flexibility index (Phi) is 5.83. The fraction of sp³-hybridized carbons (Fsp3) is 0.244. The average molecular weight is 596 g/mol. The minimum Gasteiger partial charge on any atom is -0.334 e. The van der Waals surface area contributed by atoms with Crippen LogP contribution in [0.3, 0.4) is 0 Å². The normalized spacial score (nSPS) is 21.3. The number of fused-ring (bicyclic) bond motifs is 3. The zero-order valence-corrected chi connectivity index (χ0v) is 27.4. The van der Waals surface area contributed by atoms with Gasteiger partial charge in [-0.05, 0) is 103 Å². The molecule has 0 spiro atoms. The van der Waals surface area contributed by atoms with Crippen molar-refractivity contribution in [3.05, 3.63) is 133 Å². The summed E-state index contributed by atoms with van der Waals surface area (Å²) in [6, 6.07) is 48.1. The summed E-state index contributed by atoms with van der Waals surface area (Å²) in [5.74, 6) is 0. The van der Waals surface area contributed by atoms with Gasteiger partial charge in [0.25, 0.3) is 0 Å². The van der Waals surface area contributed by atoms with Crippen molar-refractivity contribution in [2.45, 2.75) is 64.3 Å². The lowest BCUT2D eigenvalue weighted by molar-refractivity contribution is 0.0608. The third-order valence-electron chi connectivity index (χ3n) is 11.9. The average Bonchev–Trinajstić information content (AvgIpc) is 3.33. The molecule has 9 rings (SSSR count). The monoisotopic (exact) mass is 595 g/mol. The number of benzene rings is 7. The molecule has 0 aromatic heterocycles. The van der Waals surface area contributed by atoms with Crippen LogP contribution in [0.4, 0.5) is 11.4 Å². The Morgan fingerprint density at radius 1 is 0.565 bits per heavy atom. The summed E-state index contributed by atoms with van der Waals surface area (Å²) >= 11 is 0. The molecule has 226 valence electrons. The van der Waals surface area contributed by atoms with Crippen LogP contribution in [0.25, 0.3) is 54.6 Å². The second-order valence-corrected chi connectivity index (χ2v) is 15.1. The van der Waals surface area contributed by atoms with E-state index in [1.807, 2.05) is 0 Å². The highest BCUT2D eigenvalue weighted by atomic mass is 15.3. The lowest BCUT2D eigenvalue weighted by Gasteiger charge is -2.59. The van der Waals surface area contributed by atoms with E-state index < -0.39 is 0 Å². The molecule has 0 radical (unpaired) electrons. The molecule has 0 N–H and O–H groups in total. The molecule has 1 nitrogen and oxygen atoms in total. The van der Waals surface area contributed by atoms with E-state index in [1.54, 1.807) is 0 Å². The number of anilines is 2. The summed E-state index contributed by atoms with van der Waals surface area (Å²) in [5.41, 5.74) is 9.56. The maximum Gasteiger partial charge on any atom is 0.0594 e. The number of rotatable bonds is 3. The Labute approximate surface area is 272 Å². The minimum absolute atomic E-state index is 0.00292. The molecule has 1 heteroatoms. The molecule has 1 aliphatic heterocycles. The van der Waals surface area contributed by atoms with Crippen molar-refractivity contribution >= 4 is 43.7 Å². The molecular formula is C45H41N. The Balaban J connectivity index is 1.29. The highest BCUT2D eigenvalue weighted by molar-refractivity contribution is 6.27. The molecule has 46 heavy (non-hydrogen) atoms. The first-order chi connectivity index (χ1) is 22.3. The van der Waals surface area contributed by atoms with Crippen LogP contribution in [-0.2, 0) is 5.41 Å². The predicted octanol–water partition coefficient (Wildman–Crippen LogP) is 12.7. The van der Waals surface area contributed by atoms with Gasteiger partial charge in [-0.15, -0.1) is 0 Å². The van der Waals surface area contributed by atoms with Crippen LogP contribution in [0.2, 0.25) is 0 Å². The van der Waals surface area contributed by atoms with E-state index in [1.165, 1.54) is 97.2 Å². The van der Waals surface area contributed by atoms with Crippen molar-refractivity contribution in [3.8, 4) is 22.3 Å². The molecule has 7 aromatic rings. The van der Waals surface area contributed by atoms with Crippen LogP contribution in [0.5, 0.6) is 0 Å². The van der Waals surface area contributed by atoms with E-state index in [0.29, 0.717) is 0 Å². The molecule has 1 heterocycles. The summed E-state index contributed by atoms with van der Waals surface area (Å²) in [5, 5.41) is 8.04. The first-order valence-corrected chi connectivity index (χ1v) is 17.1. The fourth-order valence-corrected chi connectivity index (χ4v) is 10.0. The van der Waals surface area contributed by atoms with E-state index >= 15 is 0 Å². The van der Waals surface area contributed by atoms with Gasteiger partial charge in [-0.25, -0.2) is 0 Å². The standard InChI is InChI=1S/C45H41N/c1-43(2,3)45-28-12-11-27-44(45,4)39-29-33(21-26-40(39)46(45)34-15-9-6-10-16-34)36-23-18-32-19-24-37-35(30-13-7-5-8-14-30)22-17-31-20-25-38(36)42(32)41(31)37/h5-10,13-26,29H,11-12,27-28H2,1-4H3. The third-order valence-corrected chi connectivity index (χ3v) is 11.9. The quantitative estimate of drug-likeness (QED) is 0.184. The number of hydrogen-bond acceptors (Lipinski definition) is 1. The maximum atomic E-state index is 2.75. The largest absolute Gasteiger partial charge is 0.334 e. The maximum absolute atomic E-state index is 2.75. The molecule has 2 unspecified atom stereocenters. The van der Waals surface area contributed by atoms with Crippen LogP contribution in [0.15, 0.2) is 127 Å². The molecule has 7 aromatic carbocycles. The van der Waals surface area contributed by atoms with E-state index in [0.717, 1.165) is 0 Å². The zero-order valence-electron chi connectivity index (χ0n) is 27.4. The van der Waals surface area contributed by atoms with Gasteiger partial charge in [0.15, 0.2) is 0 Å². The van der Waals surface area contributed by atoms with Crippen molar-refractivity contribution in [2.24, 2.45) is 5.41 Å². The van der Waals surface area contributed by atoms with Gasteiger partial charge >= 0.3 is 0 Å². The van der Waals surface area contributed by atoms with Crippen molar-refractivity contribution in [2.75, 3.05) is 4.90 Å². The molecule has 2 atom stereocenters. The van der Waals surface area contributed by atoms with Crippen LogP contribution in [-0.4, -0.2) is 5.54 Å². The van der Waals surface area contributed by atoms with Crippen LogP contribution in [0, 0.1) is 5.41 Å². The highest BCUT2D eigenvalue weighted by Gasteiger charge is 2.65. The number of para-hydroxylation sites is 1. The van der Waals surface area contributed by atoms with E-state index in [2.05, 4.69) is 160 Å². The molecule has 0 amide bonds. The van der Waals surface area contributed by atoms with Crippen molar-refractivity contribution < 1.29 is 0 Å². The Bertz CT molecular complexity index is 2260. The zero-order chi connectivity index (χ0) is 31.3. The summed E-state index contributed by atoms with van der Waals surface area (Å²) in [4.78, 5) is 2.75. The lowest BCUT2D eigenvalue weighted by Crippen LogP contribution is -2.64. The van der Waals surface area contributed by atoms with Gasteiger partial charge in [0.2, 0.25) is 0 Å². The molecule has 1 fully saturated rings. The lowest BCUT2D eigenvalue weighted by atomic mass is 9.52. The Morgan fingerprint density at radius 3 is 1.76 bits per heavy atom. The summed E-state index contributed by atoms with van der Waals surface area (Å²) in [7, 11) is 0. The van der Waals surface area contributed by atoms with Gasteiger partial charge in [0, 0.05) is 16.8 Å². The summed E-state index contributed by atoms with van der Waals surface area (Å²) in [6.07, 6.45) is 4.97. The topological polar surface area (TPSA) is 3.24 Å². The van der Waals surface area contributed by atoms with Gasteiger partial charge < -0.3 is 4.90 Å². The molecular weight excluding hydrogens is 555 g/mol. The second kappa shape index (κ2) is 9.69. The van der Waals surface area contributed by atoms with Crippen LogP contribution in [0.1, 0.15) is 58.9 Å². The first kappa shape index (κ1) is 27.7. The highest BCUT2D eigenvalue weighted by Crippen LogP contribution is 2.66. The van der Waals surface area contributed by atoms with Gasteiger partial charge in [-0.2, -0.15) is 0 Å². The van der Waals surface area contributed by atoms with Gasteiger partial charge in [-0.3, -0.25) is 0 Å². The van der Waals surface area contributed by atoms with Gasteiger partial charge in [0.1, 0.15) is 0 Å². The van der Waals surface area contributed by atoms with Gasteiger partial charge in [0.05, 0.1) is 5.54 Å². The van der Waals surface area contributed by atoms with Gasteiger partial charge in [-0.1, -0.05) is 144 Å². The van der Waals surface area contributed by atoms with E-state index in [-0.39, 0.29) is 16.4 Å². The van der Waals surface area contributed by atoms with Crippen LogP contribution >= 0.6 is 0 Å². The molecule has 1 aliphatic carbocycles. The van der Waals surface area contributed by atoms with E-state index in [9.17, 15) is 0 Å². The van der Waals surface area contributed by atoms with Crippen molar-refractivity contribution in [1.29, 1.82) is 0 Å². The summed E-state index contributed by atoms with van der Waals surface area (Å²) in [6.45, 7) is 10.0. The van der Waals surface area contributed by atoms with E-state index in [4.69, 9.17) is 0 Å². The SMILES string of the molecule is CC(C)(C)C12CCCCC1(C)c1cc(-c3ccc4ccc5c(-c6ccccc6)ccc6ccc3c4c65)ccc1N2c1ccccc1. The molecule has 0 bridgehead atoms. The molecule has 2 aliphatic rings. The fourth-order valence-electron chi connectivity index (χ4n) is 10.0. The van der Waals surface area contributed by atoms with Crippen molar-refractivity contribution in [3.63, 3.8) is 0 Å². The second-order valence-electron chi connectivity index (χ2n) is 15.1. The predicted molar refractivity (Wildman–Crippen MR) is 198 cm³/mol. The summed E-state index contributed by atoms with van der Waals surface area (Å²) < 4.78 is 0. The Morgan fingerprint density at radius 2 is 1.13 bits per heavy atom. The molecule has 0 saturated heterocycles. The van der Waals surface area contributed by atoms with Crippen molar-refractivity contribution in [1.82, 2.24) is 0 Å². The Hall–Kier alpha value is -4.62. The first-order valence-electron chi connectivity index (χ1n) is 17.1. The molecule has 1 saturated carbocycles. The smallest absolute Gasteiger partial charge is 0.0594 e. The number of nitrogens with zero attached hydrogens (tertiary/aromatic N) is 1. The number of hydrogen-bond donors (Lipinski definition) is 0. The minimum atomic E-state index is -0.00292. The third kappa shape index (κ3) is 3.58. The van der Waals surface area contributed by atoms with Crippen LogP contribution < -0.4 is 4.90 Å².